The quantitative estimate of drug-likeness (QED) is 0.721. The van der Waals surface area contributed by atoms with Crippen LogP contribution in [0.3, 0.4) is 0 Å². The maximum Gasteiger partial charge on any atom is 0.320 e. The molecule has 116 valence electrons. The van der Waals surface area contributed by atoms with Gasteiger partial charge < -0.3 is 10.8 Å². The van der Waals surface area contributed by atoms with Crippen LogP contribution in [0.4, 0.5) is 0 Å². The first-order chi connectivity index (χ1) is 10.6. The summed E-state index contributed by atoms with van der Waals surface area (Å²) in [5, 5.41) is 12.1. The third-order valence-corrected chi connectivity index (χ3v) is 4.28. The van der Waals surface area contributed by atoms with Gasteiger partial charge in [-0.2, -0.15) is 0 Å². The van der Waals surface area contributed by atoms with Gasteiger partial charge in [-0.1, -0.05) is 48.5 Å². The lowest BCUT2D eigenvalue weighted by molar-refractivity contribution is -0.138. The van der Waals surface area contributed by atoms with Crippen LogP contribution in [-0.2, 0) is 4.79 Å². The number of aliphatic carboxylic acids is 1. The fraction of sp³-hybridized carbons (Fsp3) is 0.118. The zero-order valence-corrected chi connectivity index (χ0v) is 13.9. The molecule has 0 spiro atoms. The van der Waals surface area contributed by atoms with Crippen molar-refractivity contribution < 1.29 is 9.90 Å². The highest BCUT2D eigenvalue weighted by atomic mass is 32.1. The second kappa shape index (κ2) is 10.7. The molecule has 2 aromatic heterocycles. The molecule has 5 heteroatoms. The fourth-order valence-electron chi connectivity index (χ4n) is 1.22. The van der Waals surface area contributed by atoms with Crippen LogP contribution in [0.25, 0.3) is 9.75 Å². The number of thiophene rings is 2. The van der Waals surface area contributed by atoms with Gasteiger partial charge in [0.15, 0.2) is 0 Å². The Kier molecular flexibility index (Phi) is 8.83. The van der Waals surface area contributed by atoms with Gasteiger partial charge in [-0.3, -0.25) is 4.79 Å². The molecule has 22 heavy (non-hydrogen) atoms. The predicted molar refractivity (Wildman–Crippen MR) is 95.4 cm³/mol. The molecule has 0 aliphatic heterocycles. The lowest BCUT2D eigenvalue weighted by Gasteiger charge is -1.90. The van der Waals surface area contributed by atoms with Gasteiger partial charge >= 0.3 is 5.97 Å². The second-order valence-electron chi connectivity index (χ2n) is 4.24. The summed E-state index contributed by atoms with van der Waals surface area (Å²) in [5.41, 5.74) is 4.84. The molecule has 0 saturated carbocycles. The molecule has 1 atom stereocenters. The van der Waals surface area contributed by atoms with Crippen molar-refractivity contribution in [2.75, 3.05) is 0 Å². The van der Waals surface area contributed by atoms with Crippen LogP contribution in [0.5, 0.6) is 0 Å². The van der Waals surface area contributed by atoms with E-state index in [1.165, 1.54) is 16.7 Å². The fourth-order valence-corrected chi connectivity index (χ4v) is 2.80. The molecule has 0 aliphatic rings. The predicted octanol–water partition coefficient (Wildman–Crippen LogP) is 4.58. The molecule has 0 radical (unpaired) electrons. The Labute approximate surface area is 138 Å². The topological polar surface area (TPSA) is 63.3 Å². The zero-order chi connectivity index (χ0) is 16.2. The minimum absolute atomic E-state index is 0.731. The minimum Gasteiger partial charge on any atom is -0.480 e. The van der Waals surface area contributed by atoms with Gasteiger partial charge in [0.05, 0.1) is 0 Å². The molecular formula is C17H19NO2S2. The molecule has 0 saturated heterocycles. The van der Waals surface area contributed by atoms with Crippen molar-refractivity contribution in [2.24, 2.45) is 5.73 Å². The highest BCUT2D eigenvalue weighted by Gasteiger charge is 1.99. The van der Waals surface area contributed by atoms with Gasteiger partial charge in [-0.25, -0.2) is 0 Å². The van der Waals surface area contributed by atoms with E-state index in [2.05, 4.69) is 35.0 Å². The molecule has 0 amide bonds. The largest absolute Gasteiger partial charge is 0.480 e. The van der Waals surface area contributed by atoms with E-state index >= 15 is 0 Å². The van der Waals surface area contributed by atoms with Gasteiger partial charge in [-0.15, -0.1) is 22.7 Å². The van der Waals surface area contributed by atoms with E-state index in [9.17, 15) is 4.79 Å². The molecule has 3 nitrogen and oxygen atoms in total. The van der Waals surface area contributed by atoms with Crippen molar-refractivity contribution in [1.29, 1.82) is 0 Å². The number of hydrogen-bond acceptors (Lipinski definition) is 4. The van der Waals surface area contributed by atoms with Crippen LogP contribution in [0, 0.1) is 0 Å². The first-order valence-corrected chi connectivity index (χ1v) is 8.43. The number of nitrogens with two attached hydrogens (primary N) is 1. The molecule has 2 heterocycles. The van der Waals surface area contributed by atoms with E-state index in [0.29, 0.717) is 0 Å². The SMILES string of the molecule is CC(N)C(=O)O.c1ccccc1.c1csc(-c2cccs2)c1. The summed E-state index contributed by atoms with van der Waals surface area (Å²) in [6.07, 6.45) is 0. The van der Waals surface area contributed by atoms with Crippen molar-refractivity contribution in [2.45, 2.75) is 13.0 Å². The van der Waals surface area contributed by atoms with Gasteiger partial charge in [0.1, 0.15) is 6.04 Å². The van der Waals surface area contributed by atoms with E-state index < -0.39 is 12.0 Å². The first-order valence-electron chi connectivity index (χ1n) is 6.67. The Bertz CT molecular complexity index is 546. The molecule has 3 aromatic rings. The lowest BCUT2D eigenvalue weighted by Crippen LogP contribution is -2.25. The van der Waals surface area contributed by atoms with E-state index in [1.807, 2.05) is 36.4 Å². The van der Waals surface area contributed by atoms with E-state index in [0.717, 1.165) is 0 Å². The highest BCUT2D eigenvalue weighted by Crippen LogP contribution is 2.28. The van der Waals surface area contributed by atoms with Crippen LogP contribution in [-0.4, -0.2) is 17.1 Å². The third kappa shape index (κ3) is 7.73. The average Bonchev–Trinajstić information content (AvgIpc) is 3.23. The van der Waals surface area contributed by atoms with Crippen molar-refractivity contribution in [3.8, 4) is 9.75 Å². The lowest BCUT2D eigenvalue weighted by atomic mass is 10.4. The summed E-state index contributed by atoms with van der Waals surface area (Å²) in [6, 6.07) is 19.7. The first kappa shape index (κ1) is 18.1. The number of carbonyl (C=O) groups is 1. The Morgan fingerprint density at radius 1 is 0.909 bits per heavy atom. The summed E-state index contributed by atoms with van der Waals surface area (Å²) in [5.74, 6) is -0.963. The zero-order valence-electron chi connectivity index (χ0n) is 12.3. The minimum atomic E-state index is -0.963. The number of carboxylic acid groups (broad SMARTS) is 1. The van der Waals surface area contributed by atoms with Crippen molar-refractivity contribution in [3.63, 3.8) is 0 Å². The van der Waals surface area contributed by atoms with Crippen LogP contribution < -0.4 is 5.73 Å². The number of rotatable bonds is 2. The van der Waals surface area contributed by atoms with Gasteiger partial charge in [-0.05, 0) is 29.8 Å². The van der Waals surface area contributed by atoms with Gasteiger partial charge in [0, 0.05) is 9.75 Å². The van der Waals surface area contributed by atoms with Crippen LogP contribution in [0.15, 0.2) is 71.4 Å². The molecule has 3 N–H and O–H groups in total. The summed E-state index contributed by atoms with van der Waals surface area (Å²) in [4.78, 5) is 12.3. The van der Waals surface area contributed by atoms with Crippen LogP contribution in [0.1, 0.15) is 6.92 Å². The van der Waals surface area contributed by atoms with Gasteiger partial charge in [0.25, 0.3) is 0 Å². The summed E-state index contributed by atoms with van der Waals surface area (Å²) in [6.45, 7) is 1.42. The smallest absolute Gasteiger partial charge is 0.320 e. The van der Waals surface area contributed by atoms with Crippen molar-refractivity contribution >= 4 is 28.6 Å². The number of benzene rings is 1. The molecule has 0 aliphatic carbocycles. The maximum atomic E-state index is 9.57. The van der Waals surface area contributed by atoms with Crippen molar-refractivity contribution in [3.05, 3.63) is 71.4 Å². The average molecular weight is 333 g/mol. The normalized spacial score (nSPS) is 10.5. The Morgan fingerprint density at radius 2 is 1.23 bits per heavy atom. The maximum absolute atomic E-state index is 9.57. The molecule has 1 unspecified atom stereocenters. The van der Waals surface area contributed by atoms with E-state index in [1.54, 1.807) is 22.7 Å². The Morgan fingerprint density at radius 3 is 1.41 bits per heavy atom. The van der Waals surface area contributed by atoms with E-state index in [4.69, 9.17) is 10.8 Å². The molecule has 0 fully saturated rings. The molecule has 3 rings (SSSR count). The van der Waals surface area contributed by atoms with Crippen LogP contribution >= 0.6 is 22.7 Å². The number of carboxylic acids is 1. The highest BCUT2D eigenvalue weighted by molar-refractivity contribution is 7.20. The van der Waals surface area contributed by atoms with Crippen molar-refractivity contribution in [1.82, 2.24) is 0 Å². The summed E-state index contributed by atoms with van der Waals surface area (Å²) in [7, 11) is 0. The van der Waals surface area contributed by atoms with Crippen LogP contribution in [0.2, 0.25) is 0 Å². The van der Waals surface area contributed by atoms with E-state index in [-0.39, 0.29) is 0 Å². The Balaban J connectivity index is 0.000000176. The second-order valence-corrected chi connectivity index (χ2v) is 6.13. The molecular weight excluding hydrogens is 314 g/mol. The van der Waals surface area contributed by atoms with Gasteiger partial charge in [0.2, 0.25) is 0 Å². The summed E-state index contributed by atoms with van der Waals surface area (Å²) < 4.78 is 0. The number of hydrogen-bond donors (Lipinski definition) is 2. The molecule has 1 aromatic carbocycles. The molecule has 0 bridgehead atoms. The summed E-state index contributed by atoms with van der Waals surface area (Å²) >= 11 is 3.58. The Hall–Kier alpha value is -1.95. The third-order valence-electron chi connectivity index (χ3n) is 2.34. The monoisotopic (exact) mass is 333 g/mol. The standard InChI is InChI=1S/C8H6S2.C6H6.C3H7NO2/c1-3-7(9-5-1)8-4-2-6-10-8;1-2-4-6-5-3-1;1-2(4)3(5)6/h1-6H;1-6H;2H,4H2,1H3,(H,5,6).